The third kappa shape index (κ3) is 4.57. The lowest BCUT2D eigenvalue weighted by Crippen LogP contribution is -2.37. The standard InChI is InChI=1S/C25H23N9O2/c26-7-5-19(11-27)31-23(35)14-34-13-16-2-1-15(10-20(16)25(34)36)24-28-8-6-22(32-24)30-18-3-4-21-17(9-18)12-29-33-21/h1-12H,13-14,26-27H2,(H,29,33)(H,31,35)(H,28,30,32)/b7-5-,19-11+. The van der Waals surface area contributed by atoms with Crippen LogP contribution >= 0.6 is 0 Å². The number of amides is 2. The van der Waals surface area contributed by atoms with Crippen molar-refractivity contribution in [2.45, 2.75) is 6.54 Å². The van der Waals surface area contributed by atoms with Gasteiger partial charge in [0.1, 0.15) is 12.4 Å². The third-order valence-electron chi connectivity index (χ3n) is 5.69. The van der Waals surface area contributed by atoms with Crippen molar-refractivity contribution in [2.75, 3.05) is 11.9 Å². The lowest BCUT2D eigenvalue weighted by atomic mass is 10.1. The molecule has 3 heterocycles. The van der Waals surface area contributed by atoms with Crippen LogP contribution in [0.2, 0.25) is 0 Å². The van der Waals surface area contributed by atoms with E-state index in [1.54, 1.807) is 24.5 Å². The predicted octanol–water partition coefficient (Wildman–Crippen LogP) is 2.11. The van der Waals surface area contributed by atoms with Crippen LogP contribution in [-0.2, 0) is 11.3 Å². The zero-order chi connectivity index (χ0) is 25.1. The first-order chi connectivity index (χ1) is 17.5. The van der Waals surface area contributed by atoms with Crippen molar-refractivity contribution in [3.8, 4) is 11.4 Å². The summed E-state index contributed by atoms with van der Waals surface area (Å²) in [6.07, 6.45) is 7.37. The van der Waals surface area contributed by atoms with E-state index in [-0.39, 0.29) is 18.4 Å². The zero-order valence-electron chi connectivity index (χ0n) is 19.1. The van der Waals surface area contributed by atoms with E-state index >= 15 is 0 Å². The monoisotopic (exact) mass is 481 g/mol. The summed E-state index contributed by atoms with van der Waals surface area (Å²) < 4.78 is 0. The van der Waals surface area contributed by atoms with E-state index in [0.717, 1.165) is 22.2 Å². The lowest BCUT2D eigenvalue weighted by Gasteiger charge is -2.15. The van der Waals surface area contributed by atoms with Crippen LogP contribution in [0.3, 0.4) is 0 Å². The fraction of sp³-hybridized carbons (Fsp3) is 0.0800. The van der Waals surface area contributed by atoms with Gasteiger partial charge in [0.2, 0.25) is 5.91 Å². The minimum atomic E-state index is -0.373. The van der Waals surface area contributed by atoms with Crippen LogP contribution < -0.4 is 22.1 Å². The van der Waals surface area contributed by atoms with Gasteiger partial charge in [0.25, 0.3) is 5.91 Å². The molecule has 7 N–H and O–H groups in total. The molecule has 36 heavy (non-hydrogen) atoms. The van der Waals surface area contributed by atoms with Crippen LogP contribution in [-0.4, -0.2) is 43.4 Å². The van der Waals surface area contributed by atoms with Crippen LogP contribution in [0.25, 0.3) is 22.3 Å². The van der Waals surface area contributed by atoms with Crippen LogP contribution in [0, 0.1) is 0 Å². The van der Waals surface area contributed by atoms with E-state index in [4.69, 9.17) is 11.5 Å². The number of fused-ring (bicyclic) bond motifs is 2. The Labute approximate surface area is 205 Å². The maximum absolute atomic E-state index is 13.0. The molecule has 0 radical (unpaired) electrons. The molecule has 2 amide bonds. The van der Waals surface area contributed by atoms with Gasteiger partial charge in [-0.2, -0.15) is 5.10 Å². The minimum Gasteiger partial charge on any atom is -0.405 e. The Morgan fingerprint density at radius 1 is 1.17 bits per heavy atom. The second-order valence-electron chi connectivity index (χ2n) is 8.12. The molecule has 0 atom stereocenters. The Morgan fingerprint density at radius 3 is 2.89 bits per heavy atom. The Balaban J connectivity index is 1.31. The molecule has 180 valence electrons. The highest BCUT2D eigenvalue weighted by atomic mass is 16.2. The lowest BCUT2D eigenvalue weighted by molar-refractivity contribution is -0.121. The highest BCUT2D eigenvalue weighted by Gasteiger charge is 2.29. The average Bonchev–Trinajstić information content (AvgIpc) is 3.47. The number of aromatic amines is 1. The molecule has 2 aromatic carbocycles. The molecule has 1 aliphatic heterocycles. The van der Waals surface area contributed by atoms with Crippen molar-refractivity contribution in [1.82, 2.24) is 30.4 Å². The van der Waals surface area contributed by atoms with Gasteiger partial charge in [-0.3, -0.25) is 14.7 Å². The average molecular weight is 482 g/mol. The number of nitrogens with two attached hydrogens (primary N) is 2. The summed E-state index contributed by atoms with van der Waals surface area (Å²) >= 11 is 0. The summed E-state index contributed by atoms with van der Waals surface area (Å²) in [5.74, 6) is 0.477. The molecule has 0 spiro atoms. The van der Waals surface area contributed by atoms with Crippen LogP contribution in [0.5, 0.6) is 0 Å². The molecule has 2 aromatic heterocycles. The number of nitrogens with zero attached hydrogens (tertiary/aromatic N) is 4. The summed E-state index contributed by atoms with van der Waals surface area (Å²) in [6, 6.07) is 13.1. The molecule has 11 nitrogen and oxygen atoms in total. The number of aromatic nitrogens is 4. The van der Waals surface area contributed by atoms with E-state index in [2.05, 4.69) is 30.8 Å². The van der Waals surface area contributed by atoms with Crippen molar-refractivity contribution < 1.29 is 9.59 Å². The highest BCUT2D eigenvalue weighted by Crippen LogP contribution is 2.28. The van der Waals surface area contributed by atoms with Crippen LogP contribution in [0.1, 0.15) is 15.9 Å². The van der Waals surface area contributed by atoms with Crippen molar-refractivity contribution in [2.24, 2.45) is 11.5 Å². The van der Waals surface area contributed by atoms with Gasteiger partial charge in [0.15, 0.2) is 5.82 Å². The van der Waals surface area contributed by atoms with Gasteiger partial charge in [-0.25, -0.2) is 9.97 Å². The smallest absolute Gasteiger partial charge is 0.254 e. The number of carbonyl (C=O) groups is 2. The molecule has 0 unspecified atom stereocenters. The first-order valence-corrected chi connectivity index (χ1v) is 11.1. The number of hydrogen-bond donors (Lipinski definition) is 5. The molecular weight excluding hydrogens is 458 g/mol. The van der Waals surface area contributed by atoms with Gasteiger partial charge in [0, 0.05) is 41.1 Å². The quantitative estimate of drug-likeness (QED) is 0.250. The van der Waals surface area contributed by atoms with Crippen LogP contribution in [0.4, 0.5) is 11.5 Å². The predicted molar refractivity (Wildman–Crippen MR) is 135 cm³/mol. The summed E-state index contributed by atoms with van der Waals surface area (Å²) in [6.45, 7) is 0.213. The van der Waals surface area contributed by atoms with Gasteiger partial charge < -0.3 is 27.0 Å². The van der Waals surface area contributed by atoms with E-state index in [1.807, 2.05) is 30.3 Å². The van der Waals surface area contributed by atoms with Crippen molar-refractivity contribution in [1.29, 1.82) is 0 Å². The summed E-state index contributed by atoms with van der Waals surface area (Å²) in [7, 11) is 0. The normalized spacial score (nSPS) is 13.4. The largest absolute Gasteiger partial charge is 0.405 e. The number of carbonyl (C=O) groups excluding carboxylic acids is 2. The van der Waals surface area contributed by atoms with E-state index < -0.39 is 0 Å². The molecular formula is C25H23N9O2. The first kappa shape index (κ1) is 22.6. The van der Waals surface area contributed by atoms with Crippen molar-refractivity contribution in [3.63, 3.8) is 0 Å². The van der Waals surface area contributed by atoms with E-state index in [0.29, 0.717) is 35.0 Å². The Bertz CT molecular complexity index is 1520. The fourth-order valence-corrected chi connectivity index (χ4v) is 3.98. The Kier molecular flexibility index (Phi) is 6.02. The van der Waals surface area contributed by atoms with E-state index in [1.165, 1.54) is 23.4 Å². The number of benzene rings is 2. The Hall–Kier alpha value is -5.19. The molecule has 4 aromatic rings. The molecule has 1 aliphatic rings. The SMILES string of the molecule is N/C=C\C(=C/N)NC(=O)CN1Cc2ccc(-c3nccc(Nc4ccc5[nH]ncc5c4)n3)cc2C1=O. The number of anilines is 2. The van der Waals surface area contributed by atoms with Gasteiger partial charge in [-0.1, -0.05) is 12.1 Å². The number of H-pyrrole nitrogens is 1. The molecule has 0 bridgehead atoms. The summed E-state index contributed by atoms with van der Waals surface area (Å²) in [5.41, 5.74) is 15.0. The van der Waals surface area contributed by atoms with Crippen molar-refractivity contribution >= 4 is 34.2 Å². The summed E-state index contributed by atoms with van der Waals surface area (Å²) in [5, 5.41) is 13.8. The maximum Gasteiger partial charge on any atom is 0.254 e. The second-order valence-corrected chi connectivity index (χ2v) is 8.12. The summed E-state index contributed by atoms with van der Waals surface area (Å²) in [4.78, 5) is 35.8. The van der Waals surface area contributed by atoms with Gasteiger partial charge in [0.05, 0.1) is 17.4 Å². The number of allylic oxidation sites excluding steroid dienone is 1. The zero-order valence-corrected chi connectivity index (χ0v) is 19.1. The molecule has 0 aliphatic carbocycles. The number of hydrogen-bond acceptors (Lipinski definition) is 8. The van der Waals surface area contributed by atoms with Gasteiger partial charge >= 0.3 is 0 Å². The Morgan fingerprint density at radius 2 is 2.06 bits per heavy atom. The second kappa shape index (κ2) is 9.58. The first-order valence-electron chi connectivity index (χ1n) is 11.1. The minimum absolute atomic E-state index is 0.116. The topological polar surface area (TPSA) is 168 Å². The maximum atomic E-state index is 13.0. The third-order valence-corrected chi connectivity index (χ3v) is 5.69. The van der Waals surface area contributed by atoms with Gasteiger partial charge in [-0.15, -0.1) is 0 Å². The molecule has 0 fully saturated rings. The number of rotatable bonds is 7. The van der Waals surface area contributed by atoms with Crippen LogP contribution in [0.15, 0.2) is 79.0 Å². The van der Waals surface area contributed by atoms with E-state index in [9.17, 15) is 9.59 Å². The van der Waals surface area contributed by atoms with Crippen molar-refractivity contribution in [3.05, 3.63) is 90.2 Å². The molecule has 0 saturated carbocycles. The number of nitrogens with one attached hydrogen (secondary N) is 3. The molecule has 5 rings (SSSR count). The van der Waals surface area contributed by atoms with Gasteiger partial charge in [-0.05, 0) is 48.2 Å². The fourth-order valence-electron chi connectivity index (χ4n) is 3.98. The highest BCUT2D eigenvalue weighted by molar-refractivity contribution is 6.01. The molecule has 0 saturated heterocycles. The molecule has 11 heteroatoms.